The van der Waals surface area contributed by atoms with Gasteiger partial charge < -0.3 is 5.11 Å². The first-order valence-corrected chi connectivity index (χ1v) is 4.93. The van der Waals surface area contributed by atoms with Crippen LogP contribution in [0.1, 0.15) is 17.5 Å². The van der Waals surface area contributed by atoms with E-state index in [4.69, 9.17) is 10.4 Å². The molecule has 2 rings (SSSR count). The minimum Gasteiger partial charge on any atom is -0.396 e. The second-order valence-electron chi connectivity index (χ2n) is 4.13. The smallest absolute Gasteiger partial charge is 0.126 e. The Morgan fingerprint density at radius 2 is 2.40 bits per heavy atom. The lowest BCUT2D eigenvalue weighted by molar-refractivity contribution is 0.269. The summed E-state index contributed by atoms with van der Waals surface area (Å²) in [5.74, 6) is -0.324. The van der Waals surface area contributed by atoms with Crippen LogP contribution in [0.2, 0.25) is 0 Å². The monoisotopic (exact) mass is 205 g/mol. The lowest BCUT2D eigenvalue weighted by Crippen LogP contribution is -2.09. The Morgan fingerprint density at radius 1 is 1.67 bits per heavy atom. The van der Waals surface area contributed by atoms with Crippen molar-refractivity contribution in [3.8, 4) is 6.07 Å². The maximum absolute atomic E-state index is 13.3. The van der Waals surface area contributed by atoms with Crippen LogP contribution >= 0.6 is 0 Å². The van der Waals surface area contributed by atoms with E-state index in [-0.39, 0.29) is 18.3 Å². The highest BCUT2D eigenvalue weighted by atomic mass is 19.1. The van der Waals surface area contributed by atoms with Crippen molar-refractivity contribution in [2.45, 2.75) is 18.8 Å². The lowest BCUT2D eigenvalue weighted by atomic mass is 9.94. The topological polar surface area (TPSA) is 44.0 Å². The van der Waals surface area contributed by atoms with Gasteiger partial charge in [-0.1, -0.05) is 12.1 Å². The highest BCUT2D eigenvalue weighted by Gasteiger charge is 2.55. The van der Waals surface area contributed by atoms with E-state index in [9.17, 15) is 4.39 Å². The number of aryl methyl sites for hydroxylation is 1. The first-order chi connectivity index (χ1) is 7.14. The summed E-state index contributed by atoms with van der Waals surface area (Å²) >= 11 is 0. The summed E-state index contributed by atoms with van der Waals surface area (Å²) in [4.78, 5) is 0. The minimum absolute atomic E-state index is 0.0109. The number of nitriles is 1. The number of benzene rings is 1. The van der Waals surface area contributed by atoms with Crippen molar-refractivity contribution >= 4 is 0 Å². The van der Waals surface area contributed by atoms with E-state index in [1.165, 1.54) is 6.07 Å². The van der Waals surface area contributed by atoms with Crippen LogP contribution in [-0.4, -0.2) is 11.7 Å². The predicted octanol–water partition coefficient (Wildman–Crippen LogP) is 1.91. The molecule has 1 aliphatic carbocycles. The summed E-state index contributed by atoms with van der Waals surface area (Å²) in [5.41, 5.74) is 0.615. The van der Waals surface area contributed by atoms with Crippen molar-refractivity contribution in [3.63, 3.8) is 0 Å². The molecule has 2 nitrogen and oxygen atoms in total. The molecule has 1 aliphatic rings. The third-order valence-corrected chi connectivity index (χ3v) is 3.21. The summed E-state index contributed by atoms with van der Waals surface area (Å²) in [6, 6.07) is 7.05. The molecule has 0 unspecified atom stereocenters. The molecular formula is C12H12FNO. The molecule has 1 aromatic rings. The molecular weight excluding hydrogens is 193 g/mol. The maximum Gasteiger partial charge on any atom is 0.126 e. The summed E-state index contributed by atoms with van der Waals surface area (Å²) < 4.78 is 13.3. The van der Waals surface area contributed by atoms with Gasteiger partial charge in [0, 0.05) is 12.5 Å². The van der Waals surface area contributed by atoms with E-state index in [0.717, 1.165) is 0 Å². The lowest BCUT2D eigenvalue weighted by Gasteiger charge is -2.09. The fraction of sp³-hybridized carbons (Fsp3) is 0.417. The Kier molecular flexibility index (Phi) is 2.24. The molecule has 1 fully saturated rings. The van der Waals surface area contributed by atoms with Crippen molar-refractivity contribution in [2.24, 2.45) is 5.92 Å². The van der Waals surface area contributed by atoms with Gasteiger partial charge in [0.25, 0.3) is 0 Å². The van der Waals surface area contributed by atoms with E-state index in [2.05, 4.69) is 6.07 Å². The number of hydrogen-bond acceptors (Lipinski definition) is 2. The van der Waals surface area contributed by atoms with Gasteiger partial charge in [0.05, 0.1) is 11.5 Å². The highest BCUT2D eigenvalue weighted by molar-refractivity contribution is 5.42. The van der Waals surface area contributed by atoms with Crippen LogP contribution in [0.4, 0.5) is 4.39 Å². The molecule has 0 spiro atoms. The van der Waals surface area contributed by atoms with Crippen LogP contribution in [0, 0.1) is 30.0 Å². The summed E-state index contributed by atoms with van der Waals surface area (Å²) in [7, 11) is 0. The molecule has 15 heavy (non-hydrogen) atoms. The fourth-order valence-electron chi connectivity index (χ4n) is 1.98. The van der Waals surface area contributed by atoms with Gasteiger partial charge in [-0.15, -0.1) is 0 Å². The van der Waals surface area contributed by atoms with Crippen LogP contribution in [0.5, 0.6) is 0 Å². The molecule has 3 heteroatoms. The molecule has 0 radical (unpaired) electrons. The molecule has 0 heterocycles. The van der Waals surface area contributed by atoms with Crippen LogP contribution in [0.25, 0.3) is 0 Å². The quantitative estimate of drug-likeness (QED) is 0.801. The van der Waals surface area contributed by atoms with Gasteiger partial charge in [-0.2, -0.15) is 5.26 Å². The number of aliphatic hydroxyl groups excluding tert-OH is 1. The highest BCUT2D eigenvalue weighted by Crippen LogP contribution is 2.53. The summed E-state index contributed by atoms with van der Waals surface area (Å²) in [6.07, 6.45) is 0.627. The zero-order valence-electron chi connectivity index (χ0n) is 8.50. The van der Waals surface area contributed by atoms with Crippen molar-refractivity contribution < 1.29 is 9.50 Å². The van der Waals surface area contributed by atoms with Gasteiger partial charge in [-0.05, 0) is 30.5 Å². The van der Waals surface area contributed by atoms with Crippen molar-refractivity contribution in [3.05, 3.63) is 35.1 Å². The average Bonchev–Trinajstić information content (AvgIpc) is 2.97. The molecule has 1 N–H and O–H groups in total. The van der Waals surface area contributed by atoms with E-state index in [1.54, 1.807) is 19.1 Å². The Balaban J connectivity index is 2.39. The SMILES string of the molecule is Cc1ccc([C@@]2(C#N)C[C@@H]2CO)cc1F. The van der Waals surface area contributed by atoms with Crippen molar-refractivity contribution in [1.29, 1.82) is 5.26 Å². The predicted molar refractivity (Wildman–Crippen MR) is 53.6 cm³/mol. The van der Waals surface area contributed by atoms with Crippen LogP contribution in [0.15, 0.2) is 18.2 Å². The summed E-state index contributed by atoms with van der Waals surface area (Å²) in [5, 5.41) is 18.1. The second kappa shape index (κ2) is 3.32. The van der Waals surface area contributed by atoms with E-state index in [0.29, 0.717) is 17.5 Å². The third-order valence-electron chi connectivity index (χ3n) is 3.21. The Morgan fingerprint density at radius 3 is 2.87 bits per heavy atom. The Hall–Kier alpha value is -1.40. The third kappa shape index (κ3) is 1.42. The molecule has 2 atom stereocenters. The van der Waals surface area contributed by atoms with Gasteiger partial charge in [-0.3, -0.25) is 0 Å². The Labute approximate surface area is 88.0 Å². The van der Waals surface area contributed by atoms with Gasteiger partial charge in [-0.25, -0.2) is 4.39 Å². The molecule has 0 aromatic heterocycles. The van der Waals surface area contributed by atoms with Crippen molar-refractivity contribution in [1.82, 2.24) is 0 Å². The zero-order valence-corrected chi connectivity index (χ0v) is 8.50. The van der Waals surface area contributed by atoms with Crippen molar-refractivity contribution in [2.75, 3.05) is 6.61 Å². The second-order valence-corrected chi connectivity index (χ2v) is 4.13. The molecule has 0 bridgehead atoms. The van der Waals surface area contributed by atoms with Gasteiger partial charge in [0.15, 0.2) is 0 Å². The molecule has 1 saturated carbocycles. The number of aliphatic hydroxyl groups is 1. The molecule has 0 aliphatic heterocycles. The Bertz CT molecular complexity index is 438. The van der Waals surface area contributed by atoms with E-state index in [1.807, 2.05) is 0 Å². The maximum atomic E-state index is 13.3. The van der Waals surface area contributed by atoms with Gasteiger partial charge in [0.2, 0.25) is 0 Å². The molecule has 78 valence electrons. The first-order valence-electron chi connectivity index (χ1n) is 4.93. The van der Waals surface area contributed by atoms with Crippen LogP contribution in [0.3, 0.4) is 0 Å². The molecule has 1 aromatic carbocycles. The van der Waals surface area contributed by atoms with Gasteiger partial charge in [0.1, 0.15) is 5.82 Å². The largest absolute Gasteiger partial charge is 0.396 e. The number of rotatable bonds is 2. The van der Waals surface area contributed by atoms with E-state index >= 15 is 0 Å². The zero-order chi connectivity index (χ0) is 11.1. The fourth-order valence-corrected chi connectivity index (χ4v) is 1.98. The molecule has 0 saturated heterocycles. The summed E-state index contributed by atoms with van der Waals surface area (Å²) in [6.45, 7) is 1.68. The number of nitrogens with zero attached hydrogens (tertiary/aromatic N) is 1. The molecule has 0 amide bonds. The average molecular weight is 205 g/mol. The van der Waals surface area contributed by atoms with E-state index < -0.39 is 5.41 Å². The standard InChI is InChI=1S/C12H12FNO/c1-8-2-3-9(4-11(8)13)12(7-14)5-10(12)6-15/h2-4,10,15H,5-6H2,1H3/t10-,12+/m1/s1. The van der Waals surface area contributed by atoms with Crippen LogP contribution in [-0.2, 0) is 5.41 Å². The van der Waals surface area contributed by atoms with Gasteiger partial charge >= 0.3 is 0 Å². The van der Waals surface area contributed by atoms with Crippen LogP contribution < -0.4 is 0 Å². The minimum atomic E-state index is -0.650. The first kappa shape index (κ1) is 10.1. The number of halogens is 1. The number of hydrogen-bond donors (Lipinski definition) is 1. The normalized spacial score (nSPS) is 28.5.